The van der Waals surface area contributed by atoms with Crippen LogP contribution in [-0.4, -0.2) is 59.2 Å². The molecule has 4 rings (SSSR count). The summed E-state index contributed by atoms with van der Waals surface area (Å²) in [5.41, 5.74) is -4.48. The van der Waals surface area contributed by atoms with Crippen molar-refractivity contribution in [3.05, 3.63) is 23.6 Å². The molecule has 184 valence electrons. The summed E-state index contributed by atoms with van der Waals surface area (Å²) in [6.07, 6.45) is -0.0609. The van der Waals surface area contributed by atoms with Crippen LogP contribution in [0.4, 0.5) is 8.78 Å². The lowest BCUT2D eigenvalue weighted by atomic mass is 9.46. The number of carbonyl (C=O) groups excluding carboxylic acids is 2. The Bertz CT molecular complexity index is 951. The molecule has 0 unspecified atom stereocenters. The van der Waals surface area contributed by atoms with Gasteiger partial charge < -0.3 is 14.6 Å². The van der Waals surface area contributed by atoms with Crippen molar-refractivity contribution in [2.75, 3.05) is 14.2 Å². The third kappa shape index (κ3) is 2.86. The maximum absolute atomic E-state index is 15.6. The molecule has 9 heteroatoms. The van der Waals surface area contributed by atoms with E-state index in [-0.39, 0.29) is 24.3 Å². The number of rotatable bonds is 4. The maximum atomic E-state index is 15.6. The molecule has 4 aliphatic carbocycles. The summed E-state index contributed by atoms with van der Waals surface area (Å²) in [4.78, 5) is 24.1. The van der Waals surface area contributed by atoms with Crippen LogP contribution in [0.25, 0.3) is 0 Å². The molecule has 4 aliphatic rings. The molecule has 5 nitrogen and oxygen atoms in total. The molecule has 0 aromatic heterocycles. The van der Waals surface area contributed by atoms with Crippen molar-refractivity contribution in [2.24, 2.45) is 28.6 Å². The van der Waals surface area contributed by atoms with E-state index in [0.29, 0.717) is 6.42 Å². The molecule has 0 amide bonds. The van der Waals surface area contributed by atoms with E-state index < -0.39 is 68.4 Å². The molecule has 3 saturated carbocycles. The molecule has 1 N–H and O–H groups in total. The van der Waals surface area contributed by atoms with Gasteiger partial charge in [0.1, 0.15) is 11.8 Å². The van der Waals surface area contributed by atoms with Crippen molar-refractivity contribution in [3.63, 3.8) is 0 Å². The molecule has 0 aromatic rings. The zero-order valence-electron chi connectivity index (χ0n) is 19.3. The molecule has 0 radical (unpaired) electrons. The molecule has 9 atom stereocenters. The van der Waals surface area contributed by atoms with Crippen LogP contribution in [0, 0.1) is 28.6 Å². The minimum atomic E-state index is -1.84. The van der Waals surface area contributed by atoms with Gasteiger partial charge in [0.05, 0.1) is 10.3 Å². The molecular formula is C24H30Cl2F2O5. The van der Waals surface area contributed by atoms with E-state index in [2.05, 4.69) is 0 Å². The van der Waals surface area contributed by atoms with Gasteiger partial charge in [-0.2, -0.15) is 0 Å². The molecule has 3 fully saturated rings. The second-order valence-corrected chi connectivity index (χ2v) is 11.6. The molecule has 0 bridgehead atoms. The molecule has 33 heavy (non-hydrogen) atoms. The fourth-order valence-corrected chi connectivity index (χ4v) is 8.77. The topological polar surface area (TPSA) is 72.8 Å². The number of carbonyl (C=O) groups is 2. The Morgan fingerprint density at radius 3 is 2.42 bits per heavy atom. The Labute approximate surface area is 202 Å². The van der Waals surface area contributed by atoms with Crippen LogP contribution in [0.3, 0.4) is 0 Å². The van der Waals surface area contributed by atoms with Crippen LogP contribution < -0.4 is 0 Å². The Morgan fingerprint density at radius 1 is 1.24 bits per heavy atom. The van der Waals surface area contributed by atoms with E-state index >= 15 is 4.39 Å². The van der Waals surface area contributed by atoms with Gasteiger partial charge in [0.15, 0.2) is 5.83 Å². The number of ketones is 2. The summed E-state index contributed by atoms with van der Waals surface area (Å²) in [5, 5.41) is 11.1. The maximum Gasteiger partial charge on any atom is 0.220 e. The first-order valence-electron chi connectivity index (χ1n) is 11.2. The molecule has 0 saturated heterocycles. The van der Waals surface area contributed by atoms with Gasteiger partial charge in [-0.1, -0.05) is 26.8 Å². The largest absolute Gasteiger partial charge is 0.381 e. The summed E-state index contributed by atoms with van der Waals surface area (Å²) in [7, 11) is 2.64. The third-order valence-electron chi connectivity index (χ3n) is 9.26. The van der Waals surface area contributed by atoms with Crippen molar-refractivity contribution in [2.45, 2.75) is 68.3 Å². The van der Waals surface area contributed by atoms with E-state index in [0.717, 1.165) is 6.08 Å². The van der Waals surface area contributed by atoms with Crippen LogP contribution in [0.15, 0.2) is 23.6 Å². The quantitative estimate of drug-likeness (QED) is 0.454. The zero-order chi connectivity index (χ0) is 24.7. The van der Waals surface area contributed by atoms with Crippen LogP contribution >= 0.6 is 23.2 Å². The van der Waals surface area contributed by atoms with Crippen LogP contribution in [-0.2, 0) is 19.1 Å². The highest BCUT2D eigenvalue weighted by molar-refractivity contribution is 6.34. The van der Waals surface area contributed by atoms with E-state index in [4.69, 9.17) is 32.7 Å². The fraction of sp³-hybridized carbons (Fsp3) is 0.750. The van der Waals surface area contributed by atoms with Gasteiger partial charge in [0.25, 0.3) is 0 Å². The number of aliphatic hydroxyl groups is 1. The monoisotopic (exact) mass is 506 g/mol. The summed E-state index contributed by atoms with van der Waals surface area (Å²) in [6.45, 7) is 5.18. The average molecular weight is 507 g/mol. The third-order valence-corrected chi connectivity index (χ3v) is 10.8. The van der Waals surface area contributed by atoms with Crippen molar-refractivity contribution < 1.29 is 33.0 Å². The van der Waals surface area contributed by atoms with Crippen molar-refractivity contribution in [1.82, 2.24) is 0 Å². The molecule has 0 spiro atoms. The molecular weight excluding hydrogens is 477 g/mol. The predicted octanol–water partition coefficient (Wildman–Crippen LogP) is 4.28. The highest BCUT2D eigenvalue weighted by Gasteiger charge is 2.76. The fourth-order valence-electron chi connectivity index (χ4n) is 7.58. The minimum Gasteiger partial charge on any atom is -0.381 e. The molecule has 0 heterocycles. The highest BCUT2D eigenvalue weighted by atomic mass is 35.5. The number of methoxy groups -OCH3 is 2. The van der Waals surface area contributed by atoms with Crippen molar-refractivity contribution >= 4 is 34.8 Å². The van der Waals surface area contributed by atoms with Crippen LogP contribution in [0.2, 0.25) is 0 Å². The number of fused-ring (bicyclic) bond motifs is 5. The summed E-state index contributed by atoms with van der Waals surface area (Å²) < 4.78 is 40.8. The summed E-state index contributed by atoms with van der Waals surface area (Å²) in [6, 6.07) is 0. The number of Topliss-reactive ketones (excluding diaryl/α,β-unsaturated/α-hetero) is 1. The Balaban J connectivity index is 1.86. The lowest BCUT2D eigenvalue weighted by Gasteiger charge is -2.64. The van der Waals surface area contributed by atoms with Gasteiger partial charge in [-0.25, -0.2) is 8.78 Å². The number of alkyl halides is 3. The van der Waals surface area contributed by atoms with Gasteiger partial charge in [0, 0.05) is 30.6 Å². The highest BCUT2D eigenvalue weighted by Crippen LogP contribution is 2.73. The van der Waals surface area contributed by atoms with Gasteiger partial charge in [-0.3, -0.25) is 9.59 Å². The number of hydrogen-bond donors (Lipinski definition) is 1. The second kappa shape index (κ2) is 7.82. The van der Waals surface area contributed by atoms with Crippen LogP contribution in [0.5, 0.6) is 0 Å². The Hall–Kier alpha value is -0.860. The number of allylic oxidation sites excluding steroid dienone is 4. The lowest BCUT2D eigenvalue weighted by molar-refractivity contribution is -0.196. The second-order valence-electron chi connectivity index (χ2n) is 10.5. The standard InChI is InChI=1S/C24H30Cl2F2O5/c1-11-8-12-13-9-14(27)17-18(28)15(29)6-7-21(17,2)23(13,26)16(25)10-22(12,3)24(11,31)19(30)20(32-4)33-5/h6-7,11-14,16,20,31H,8-10H2,1-5H3/t11-,12+,13+,14+,16+,21+,22+,23+,24+/m1/s1. The van der Waals surface area contributed by atoms with E-state index in [1.54, 1.807) is 20.8 Å². The lowest BCUT2D eigenvalue weighted by Crippen LogP contribution is -2.69. The Morgan fingerprint density at radius 2 is 1.85 bits per heavy atom. The van der Waals surface area contributed by atoms with Gasteiger partial charge in [-0.15, -0.1) is 23.2 Å². The first-order valence-corrected chi connectivity index (χ1v) is 12.0. The first kappa shape index (κ1) is 25.2. The zero-order valence-corrected chi connectivity index (χ0v) is 20.8. The average Bonchev–Trinajstić information content (AvgIpc) is 2.95. The van der Waals surface area contributed by atoms with E-state index in [1.165, 1.54) is 20.3 Å². The smallest absolute Gasteiger partial charge is 0.220 e. The van der Waals surface area contributed by atoms with Crippen molar-refractivity contribution in [1.29, 1.82) is 0 Å². The predicted molar refractivity (Wildman–Crippen MR) is 119 cm³/mol. The van der Waals surface area contributed by atoms with E-state index in [1.807, 2.05) is 0 Å². The number of halogens is 4. The Kier molecular flexibility index (Phi) is 5.98. The summed E-state index contributed by atoms with van der Waals surface area (Å²) >= 11 is 14.3. The normalized spacial score (nSPS) is 49.2. The van der Waals surface area contributed by atoms with Gasteiger partial charge in [-0.05, 0) is 43.1 Å². The van der Waals surface area contributed by atoms with E-state index in [9.17, 15) is 19.1 Å². The van der Waals surface area contributed by atoms with Gasteiger partial charge >= 0.3 is 0 Å². The number of hydrogen-bond acceptors (Lipinski definition) is 5. The number of ether oxygens (including phenoxy) is 2. The summed E-state index contributed by atoms with van der Waals surface area (Å²) in [5.74, 6) is -4.06. The first-order chi connectivity index (χ1) is 15.3. The van der Waals surface area contributed by atoms with Crippen LogP contribution in [0.1, 0.15) is 40.0 Å². The van der Waals surface area contributed by atoms with Crippen molar-refractivity contribution in [3.8, 4) is 0 Å². The SMILES string of the molecule is COC(OC)C(=O)[C@@]1(O)[C@H](C)C[C@H]2[C@@H]3C[C@H](F)C4=C(F)C(=O)C=C[C@]4(C)[C@@]3(Cl)[C@@H](Cl)C[C@@]21C. The minimum absolute atomic E-state index is 0.134. The molecule has 0 aliphatic heterocycles. The molecule has 0 aromatic carbocycles. The van der Waals surface area contributed by atoms with Gasteiger partial charge in [0.2, 0.25) is 17.9 Å².